The van der Waals surface area contributed by atoms with E-state index in [0.29, 0.717) is 0 Å². The smallest absolute Gasteiger partial charge is 0.119 e. The van der Waals surface area contributed by atoms with Crippen LogP contribution in [0.15, 0.2) is 66.7 Å². The molecule has 0 spiro atoms. The van der Waals surface area contributed by atoms with Crippen molar-refractivity contribution in [3.05, 3.63) is 77.9 Å². The number of nitrogens with one attached hydrogen (secondary N) is 1. The van der Waals surface area contributed by atoms with Crippen LogP contribution in [0.5, 0.6) is 5.75 Å². The first-order valence-electron chi connectivity index (χ1n) is 10.3. The molecule has 3 nitrogen and oxygen atoms in total. The minimum atomic E-state index is 0.723. The van der Waals surface area contributed by atoms with Crippen molar-refractivity contribution in [1.29, 1.82) is 0 Å². The summed E-state index contributed by atoms with van der Waals surface area (Å²) in [5.41, 5.74) is 14.4. The minimum Gasteiger partial charge on any atom is -0.497 e. The van der Waals surface area contributed by atoms with Crippen LogP contribution in [-0.2, 0) is 6.42 Å². The molecule has 0 saturated carbocycles. The van der Waals surface area contributed by atoms with Gasteiger partial charge in [0.25, 0.3) is 0 Å². The SMILES string of the molecule is COc1cc(C)c2[nH]c(-c3ccccc3-c3ccccc3)c(CCCCN)c2c1. The van der Waals surface area contributed by atoms with E-state index in [9.17, 15) is 0 Å². The number of unbranched alkanes of at least 4 members (excludes halogenated alkanes) is 1. The van der Waals surface area contributed by atoms with Gasteiger partial charge in [0.15, 0.2) is 0 Å². The highest BCUT2D eigenvalue weighted by Gasteiger charge is 2.18. The molecular weight excluding hydrogens is 356 g/mol. The number of nitrogens with two attached hydrogens (primary N) is 1. The van der Waals surface area contributed by atoms with Crippen LogP contribution in [0.1, 0.15) is 24.0 Å². The van der Waals surface area contributed by atoms with Crippen molar-refractivity contribution in [2.75, 3.05) is 13.7 Å². The second-order valence-corrected chi connectivity index (χ2v) is 7.50. The van der Waals surface area contributed by atoms with Crippen LogP contribution < -0.4 is 10.5 Å². The second-order valence-electron chi connectivity index (χ2n) is 7.50. The van der Waals surface area contributed by atoms with Crippen molar-refractivity contribution in [1.82, 2.24) is 4.98 Å². The summed E-state index contributed by atoms with van der Waals surface area (Å²) in [6, 6.07) is 23.5. The number of methoxy groups -OCH3 is 1. The van der Waals surface area contributed by atoms with E-state index in [2.05, 4.69) is 78.6 Å². The number of hydrogen-bond donors (Lipinski definition) is 2. The molecule has 1 aromatic heterocycles. The summed E-state index contributed by atoms with van der Waals surface area (Å²) in [7, 11) is 1.73. The number of aromatic amines is 1. The van der Waals surface area contributed by atoms with E-state index in [4.69, 9.17) is 10.5 Å². The molecule has 0 radical (unpaired) electrons. The largest absolute Gasteiger partial charge is 0.497 e. The van der Waals surface area contributed by atoms with Crippen LogP contribution in [0.4, 0.5) is 0 Å². The zero-order chi connectivity index (χ0) is 20.2. The Kier molecular flexibility index (Phi) is 5.68. The third-order valence-corrected chi connectivity index (χ3v) is 5.58. The van der Waals surface area contributed by atoms with Crippen LogP contribution in [0, 0.1) is 6.92 Å². The third kappa shape index (κ3) is 3.79. The van der Waals surface area contributed by atoms with Gasteiger partial charge >= 0.3 is 0 Å². The lowest BCUT2D eigenvalue weighted by atomic mass is 9.93. The highest BCUT2D eigenvalue weighted by Crippen LogP contribution is 2.39. The van der Waals surface area contributed by atoms with Gasteiger partial charge in [-0.2, -0.15) is 0 Å². The van der Waals surface area contributed by atoms with Gasteiger partial charge in [-0.1, -0.05) is 54.6 Å². The molecule has 0 atom stereocenters. The van der Waals surface area contributed by atoms with E-state index in [1.807, 2.05) is 0 Å². The molecule has 3 N–H and O–H groups in total. The monoisotopic (exact) mass is 384 g/mol. The molecule has 0 saturated heterocycles. The first kappa shape index (κ1) is 19.3. The summed E-state index contributed by atoms with van der Waals surface area (Å²) < 4.78 is 5.56. The van der Waals surface area contributed by atoms with Gasteiger partial charge < -0.3 is 15.5 Å². The highest BCUT2D eigenvalue weighted by molar-refractivity contribution is 5.96. The van der Waals surface area contributed by atoms with Crippen LogP contribution >= 0.6 is 0 Å². The summed E-state index contributed by atoms with van der Waals surface area (Å²) in [4.78, 5) is 3.75. The van der Waals surface area contributed by atoms with Gasteiger partial charge in [-0.05, 0) is 67.1 Å². The van der Waals surface area contributed by atoms with Crippen LogP contribution in [-0.4, -0.2) is 18.6 Å². The van der Waals surface area contributed by atoms with Crippen LogP contribution in [0.2, 0.25) is 0 Å². The number of fused-ring (bicyclic) bond motifs is 1. The lowest BCUT2D eigenvalue weighted by Crippen LogP contribution is -1.99. The molecule has 0 unspecified atom stereocenters. The Morgan fingerprint density at radius 3 is 2.34 bits per heavy atom. The average molecular weight is 385 g/mol. The van der Waals surface area contributed by atoms with Crippen molar-refractivity contribution in [2.24, 2.45) is 5.73 Å². The molecule has 148 valence electrons. The molecule has 0 aliphatic rings. The first-order valence-corrected chi connectivity index (χ1v) is 10.3. The standard InChI is InChI=1S/C26H28N2O/c1-18-16-20(29-2)17-24-23(14-8-9-15-27)26(28-25(18)24)22-13-7-6-12-21(22)19-10-4-3-5-11-19/h3-7,10-13,16-17,28H,8-9,14-15,27H2,1-2H3. The molecule has 29 heavy (non-hydrogen) atoms. The maximum atomic E-state index is 5.77. The van der Waals surface area contributed by atoms with Gasteiger partial charge in [0.2, 0.25) is 0 Å². The second kappa shape index (κ2) is 8.54. The van der Waals surface area contributed by atoms with Gasteiger partial charge in [0, 0.05) is 16.5 Å². The summed E-state index contributed by atoms with van der Waals surface area (Å²) in [6.07, 6.45) is 3.08. The summed E-state index contributed by atoms with van der Waals surface area (Å²) in [5.74, 6) is 0.900. The van der Waals surface area contributed by atoms with Gasteiger partial charge in [0.1, 0.15) is 5.75 Å². The molecule has 3 aromatic carbocycles. The normalized spacial score (nSPS) is 11.1. The summed E-state index contributed by atoms with van der Waals surface area (Å²) in [6.45, 7) is 2.86. The van der Waals surface area contributed by atoms with Gasteiger partial charge in [-0.25, -0.2) is 0 Å². The fourth-order valence-corrected chi connectivity index (χ4v) is 4.12. The predicted molar refractivity (Wildman–Crippen MR) is 122 cm³/mol. The van der Waals surface area contributed by atoms with Crippen molar-refractivity contribution in [3.8, 4) is 28.1 Å². The number of aromatic nitrogens is 1. The zero-order valence-corrected chi connectivity index (χ0v) is 17.2. The summed E-state index contributed by atoms with van der Waals surface area (Å²) in [5, 5.41) is 1.25. The van der Waals surface area contributed by atoms with E-state index in [0.717, 1.165) is 31.6 Å². The quantitative estimate of drug-likeness (QED) is 0.378. The Balaban J connectivity index is 1.94. The number of benzene rings is 3. The molecule has 3 heteroatoms. The van der Waals surface area contributed by atoms with Crippen molar-refractivity contribution < 1.29 is 4.74 Å². The predicted octanol–water partition coefficient (Wildman–Crippen LogP) is 6.10. The topological polar surface area (TPSA) is 51.0 Å². The summed E-state index contributed by atoms with van der Waals surface area (Å²) >= 11 is 0. The first-order chi connectivity index (χ1) is 14.2. The fraction of sp³-hybridized carbons (Fsp3) is 0.231. The van der Waals surface area contributed by atoms with E-state index in [-0.39, 0.29) is 0 Å². The van der Waals surface area contributed by atoms with E-state index in [1.165, 1.54) is 44.4 Å². The lowest BCUT2D eigenvalue weighted by molar-refractivity contribution is 0.415. The number of rotatable bonds is 7. The molecule has 1 heterocycles. The molecule has 0 amide bonds. The Hall–Kier alpha value is -3.04. The maximum absolute atomic E-state index is 5.77. The zero-order valence-electron chi connectivity index (χ0n) is 17.2. The molecule has 0 aliphatic carbocycles. The highest BCUT2D eigenvalue weighted by atomic mass is 16.5. The molecule has 0 bridgehead atoms. The lowest BCUT2D eigenvalue weighted by Gasteiger charge is -2.11. The van der Waals surface area contributed by atoms with Gasteiger partial charge in [0.05, 0.1) is 12.8 Å². The van der Waals surface area contributed by atoms with E-state index < -0.39 is 0 Å². The van der Waals surface area contributed by atoms with E-state index >= 15 is 0 Å². The Morgan fingerprint density at radius 1 is 0.897 bits per heavy atom. The molecule has 4 rings (SSSR count). The van der Waals surface area contributed by atoms with Crippen molar-refractivity contribution in [3.63, 3.8) is 0 Å². The average Bonchev–Trinajstić information content (AvgIpc) is 3.13. The Morgan fingerprint density at radius 2 is 1.62 bits per heavy atom. The Bertz CT molecular complexity index is 1110. The van der Waals surface area contributed by atoms with Gasteiger partial charge in [-0.3, -0.25) is 0 Å². The number of hydrogen-bond acceptors (Lipinski definition) is 2. The number of H-pyrrole nitrogens is 1. The van der Waals surface area contributed by atoms with E-state index in [1.54, 1.807) is 7.11 Å². The van der Waals surface area contributed by atoms with Crippen molar-refractivity contribution >= 4 is 10.9 Å². The fourth-order valence-electron chi connectivity index (χ4n) is 4.12. The van der Waals surface area contributed by atoms with Crippen molar-refractivity contribution in [2.45, 2.75) is 26.2 Å². The maximum Gasteiger partial charge on any atom is 0.119 e. The van der Waals surface area contributed by atoms with Crippen LogP contribution in [0.3, 0.4) is 0 Å². The third-order valence-electron chi connectivity index (χ3n) is 5.58. The molecule has 0 fully saturated rings. The Labute approximate surface area is 172 Å². The molecular formula is C26H28N2O. The number of ether oxygens (including phenoxy) is 1. The molecule has 4 aromatic rings. The molecule has 0 aliphatic heterocycles. The van der Waals surface area contributed by atoms with Crippen LogP contribution in [0.25, 0.3) is 33.3 Å². The van der Waals surface area contributed by atoms with Gasteiger partial charge in [-0.15, -0.1) is 0 Å². The minimum absolute atomic E-state index is 0.723. The number of aryl methyl sites for hydroxylation is 2.